The molecule has 1 N–H and O–H groups in total. The number of rotatable bonds is 7. The Bertz CT molecular complexity index is 1280. The van der Waals surface area contributed by atoms with Crippen molar-refractivity contribution < 1.29 is 31.1 Å². The highest BCUT2D eigenvalue weighted by Crippen LogP contribution is 2.31. The third-order valence-corrected chi connectivity index (χ3v) is 6.58. The minimum Gasteiger partial charge on any atom is -0.492 e. The van der Waals surface area contributed by atoms with Gasteiger partial charge in [0.05, 0.1) is 25.1 Å². The molecule has 1 amide bonds. The van der Waals surface area contributed by atoms with Gasteiger partial charge in [0.25, 0.3) is 10.0 Å². The van der Waals surface area contributed by atoms with Crippen molar-refractivity contribution >= 4 is 32.6 Å². The second-order valence-electron chi connectivity index (χ2n) is 7.45. The lowest BCUT2D eigenvalue weighted by Crippen LogP contribution is -2.48. The van der Waals surface area contributed by atoms with Gasteiger partial charge >= 0.3 is 5.91 Å². The number of sulfonamides is 1. The molecular formula is C22H22F2N2O5S. The third-order valence-electron chi connectivity index (χ3n) is 5.23. The van der Waals surface area contributed by atoms with Gasteiger partial charge < -0.3 is 14.1 Å². The molecule has 0 radical (unpaired) electrons. The Balaban J connectivity index is 1.63. The van der Waals surface area contributed by atoms with Crippen LogP contribution in [-0.2, 0) is 16.4 Å². The average molecular weight is 464 g/mol. The van der Waals surface area contributed by atoms with Crippen LogP contribution in [0.3, 0.4) is 0 Å². The Morgan fingerprint density at radius 2 is 1.97 bits per heavy atom. The number of nitrogens with one attached hydrogen (secondary N) is 1. The summed E-state index contributed by atoms with van der Waals surface area (Å²) in [6.07, 6.45) is -0.376. The second-order valence-corrected chi connectivity index (χ2v) is 9.11. The van der Waals surface area contributed by atoms with E-state index in [0.29, 0.717) is 12.1 Å². The van der Waals surface area contributed by atoms with E-state index in [0.717, 1.165) is 11.6 Å². The lowest BCUT2D eigenvalue weighted by atomic mass is 10.1. The third kappa shape index (κ3) is 4.14. The van der Waals surface area contributed by atoms with E-state index in [1.807, 2.05) is 11.6 Å². The maximum atomic E-state index is 14.5. The smallest absolute Gasteiger partial charge is 0.300 e. The van der Waals surface area contributed by atoms with Gasteiger partial charge in [0.15, 0.2) is 5.76 Å². The van der Waals surface area contributed by atoms with Gasteiger partial charge in [0.1, 0.15) is 28.2 Å². The number of amides is 1. The molecule has 0 spiro atoms. The molecule has 170 valence electrons. The molecule has 2 heterocycles. The zero-order valence-electron chi connectivity index (χ0n) is 17.5. The molecular weight excluding hydrogens is 442 g/mol. The first-order chi connectivity index (χ1) is 15.2. The lowest BCUT2D eigenvalue weighted by molar-refractivity contribution is 0.0956. The SMILES string of the molecule is CCOc1ccc(CC)cc1S(=O)(=O)NC(=O)c1cc2c(F)cc(N3CC(F)C3)cc2o1. The molecule has 0 saturated carbocycles. The van der Waals surface area contributed by atoms with Crippen LogP contribution in [0.15, 0.2) is 45.7 Å². The number of halogens is 2. The highest BCUT2D eigenvalue weighted by molar-refractivity contribution is 7.90. The molecule has 1 aliphatic heterocycles. The Kier molecular flexibility index (Phi) is 5.81. The standard InChI is InChI=1S/C22H22F2N2O5S/c1-3-13-5-6-18(30-4-2)21(7-13)32(28,29)25-22(27)20-10-16-17(24)8-15(9-19(16)31-20)26-11-14(23)12-26/h5-10,14H,3-4,11-12H2,1-2H3,(H,25,27). The summed E-state index contributed by atoms with van der Waals surface area (Å²) in [6.45, 7) is 4.13. The van der Waals surface area contributed by atoms with Gasteiger partial charge in [0, 0.05) is 17.8 Å². The number of carbonyl (C=O) groups excluding carboxylic acids is 1. The van der Waals surface area contributed by atoms with E-state index in [-0.39, 0.29) is 47.1 Å². The fraction of sp³-hybridized carbons (Fsp3) is 0.318. The van der Waals surface area contributed by atoms with Crippen LogP contribution in [0.2, 0.25) is 0 Å². The Labute approximate surface area is 184 Å². The quantitative estimate of drug-likeness (QED) is 0.572. The van der Waals surface area contributed by atoms with Crippen molar-refractivity contribution in [2.45, 2.75) is 31.3 Å². The number of aryl methyl sites for hydroxylation is 1. The van der Waals surface area contributed by atoms with Crippen LogP contribution in [0.5, 0.6) is 5.75 Å². The van der Waals surface area contributed by atoms with Crippen LogP contribution in [0, 0.1) is 5.82 Å². The van der Waals surface area contributed by atoms with Crippen LogP contribution in [0.4, 0.5) is 14.5 Å². The molecule has 1 saturated heterocycles. The molecule has 0 bridgehead atoms. The van der Waals surface area contributed by atoms with Gasteiger partial charge in [-0.2, -0.15) is 0 Å². The monoisotopic (exact) mass is 464 g/mol. The van der Waals surface area contributed by atoms with E-state index >= 15 is 0 Å². The second kappa shape index (κ2) is 8.42. The summed E-state index contributed by atoms with van der Waals surface area (Å²) in [6, 6.07) is 8.59. The van der Waals surface area contributed by atoms with Gasteiger partial charge in [-0.3, -0.25) is 4.79 Å². The number of nitrogens with zero attached hydrogens (tertiary/aromatic N) is 1. The van der Waals surface area contributed by atoms with E-state index in [4.69, 9.17) is 9.15 Å². The number of ether oxygens (including phenoxy) is 1. The molecule has 2 aromatic carbocycles. The summed E-state index contributed by atoms with van der Waals surface area (Å²) in [5.41, 5.74) is 1.24. The van der Waals surface area contributed by atoms with Gasteiger partial charge in [0.2, 0.25) is 0 Å². The van der Waals surface area contributed by atoms with E-state index < -0.39 is 27.9 Å². The van der Waals surface area contributed by atoms with Crippen LogP contribution >= 0.6 is 0 Å². The number of fused-ring (bicyclic) bond motifs is 1. The predicted molar refractivity (Wildman–Crippen MR) is 115 cm³/mol. The highest BCUT2D eigenvalue weighted by Gasteiger charge is 2.29. The van der Waals surface area contributed by atoms with Crippen molar-refractivity contribution in [3.63, 3.8) is 0 Å². The summed E-state index contributed by atoms with van der Waals surface area (Å²) in [5.74, 6) is -1.94. The normalized spacial score (nSPS) is 14.4. The molecule has 7 nitrogen and oxygen atoms in total. The van der Waals surface area contributed by atoms with E-state index in [9.17, 15) is 22.0 Å². The zero-order valence-corrected chi connectivity index (χ0v) is 18.3. The molecule has 1 aliphatic rings. The van der Waals surface area contributed by atoms with E-state index in [1.165, 1.54) is 24.3 Å². The molecule has 1 aromatic heterocycles. The van der Waals surface area contributed by atoms with Crippen LogP contribution in [0.1, 0.15) is 30.0 Å². The number of benzene rings is 2. The number of furan rings is 1. The van der Waals surface area contributed by atoms with Crippen molar-refractivity contribution in [3.8, 4) is 5.75 Å². The van der Waals surface area contributed by atoms with Crippen molar-refractivity contribution in [3.05, 3.63) is 53.5 Å². The summed E-state index contributed by atoms with van der Waals surface area (Å²) < 4.78 is 66.3. The van der Waals surface area contributed by atoms with E-state index in [2.05, 4.69) is 0 Å². The molecule has 0 atom stereocenters. The zero-order chi connectivity index (χ0) is 23.0. The minimum atomic E-state index is -4.29. The van der Waals surface area contributed by atoms with Crippen LogP contribution in [-0.4, -0.2) is 40.2 Å². The maximum absolute atomic E-state index is 14.5. The first-order valence-electron chi connectivity index (χ1n) is 10.2. The number of hydrogen-bond donors (Lipinski definition) is 1. The molecule has 32 heavy (non-hydrogen) atoms. The van der Waals surface area contributed by atoms with Crippen molar-refractivity contribution in [2.24, 2.45) is 0 Å². The Morgan fingerprint density at radius 3 is 2.62 bits per heavy atom. The van der Waals surface area contributed by atoms with Crippen molar-refractivity contribution in [1.29, 1.82) is 0 Å². The minimum absolute atomic E-state index is 0.0246. The van der Waals surface area contributed by atoms with Crippen molar-refractivity contribution in [2.75, 3.05) is 24.6 Å². The molecule has 0 aliphatic carbocycles. The van der Waals surface area contributed by atoms with Gasteiger partial charge in [-0.15, -0.1) is 0 Å². The van der Waals surface area contributed by atoms with Crippen LogP contribution in [0.25, 0.3) is 11.0 Å². The first kappa shape index (κ1) is 22.1. The van der Waals surface area contributed by atoms with Gasteiger partial charge in [-0.05, 0) is 37.1 Å². The summed E-state index contributed by atoms with van der Waals surface area (Å²) >= 11 is 0. The molecule has 1 fully saturated rings. The first-order valence-corrected chi connectivity index (χ1v) is 11.6. The van der Waals surface area contributed by atoms with Gasteiger partial charge in [-0.25, -0.2) is 21.9 Å². The number of carbonyl (C=O) groups is 1. The number of hydrogen-bond acceptors (Lipinski definition) is 6. The van der Waals surface area contributed by atoms with Crippen molar-refractivity contribution in [1.82, 2.24) is 4.72 Å². The summed E-state index contributed by atoms with van der Waals surface area (Å²) in [5, 5.41) is 0.0246. The fourth-order valence-corrected chi connectivity index (χ4v) is 4.65. The lowest BCUT2D eigenvalue weighted by Gasteiger charge is -2.36. The molecule has 3 aromatic rings. The molecule has 0 unspecified atom stereocenters. The Morgan fingerprint density at radius 1 is 1.22 bits per heavy atom. The topological polar surface area (TPSA) is 88.8 Å². The summed E-state index contributed by atoms with van der Waals surface area (Å²) in [7, 11) is -4.29. The molecule has 4 rings (SSSR count). The van der Waals surface area contributed by atoms with E-state index in [1.54, 1.807) is 17.9 Å². The largest absolute Gasteiger partial charge is 0.492 e. The Hall–Kier alpha value is -3.14. The predicted octanol–water partition coefficient (Wildman–Crippen LogP) is 3.81. The summed E-state index contributed by atoms with van der Waals surface area (Å²) in [4.78, 5) is 14.1. The maximum Gasteiger partial charge on any atom is 0.300 e. The number of alkyl halides is 1. The van der Waals surface area contributed by atoms with Crippen LogP contribution < -0.4 is 14.4 Å². The fourth-order valence-electron chi connectivity index (χ4n) is 3.50. The highest BCUT2D eigenvalue weighted by atomic mass is 32.2. The number of anilines is 1. The molecule has 10 heteroatoms. The van der Waals surface area contributed by atoms with Gasteiger partial charge in [-0.1, -0.05) is 13.0 Å². The average Bonchev–Trinajstić information content (AvgIpc) is 3.16.